The molecule has 1 amide bonds. The number of amides is 1. The number of nitrogens with zero attached hydrogens (tertiary/aromatic N) is 7. The second-order valence-electron chi connectivity index (χ2n) is 8.63. The van der Waals surface area contributed by atoms with Crippen molar-refractivity contribution in [1.29, 1.82) is 0 Å². The molecule has 1 N–H and O–H groups in total. The van der Waals surface area contributed by atoms with E-state index in [1.165, 1.54) is 10.8 Å². The van der Waals surface area contributed by atoms with Crippen LogP contribution in [-0.2, 0) is 13.1 Å². The van der Waals surface area contributed by atoms with Crippen LogP contribution in [0.4, 0.5) is 5.69 Å². The predicted octanol–water partition coefficient (Wildman–Crippen LogP) is 4.57. The fourth-order valence-corrected chi connectivity index (χ4v) is 4.50. The number of carbonyl (C=O) groups excluding carboxylic acids is 1. The monoisotopic (exact) mass is 476 g/mol. The van der Waals surface area contributed by atoms with Crippen molar-refractivity contribution in [2.24, 2.45) is 0 Å². The SMILES string of the molecule is CCn1cc(-c2ccnc3c(C(=O)Nc4cnn(Cc5cccc6ccccc56)c4)cnn23)c(C)n1. The quantitative estimate of drug-likeness (QED) is 0.380. The molecule has 0 fully saturated rings. The molecule has 2 aromatic carbocycles. The van der Waals surface area contributed by atoms with Crippen molar-refractivity contribution in [2.45, 2.75) is 26.9 Å². The molecular formula is C27H24N8O. The molecule has 9 heteroatoms. The smallest absolute Gasteiger partial charge is 0.261 e. The van der Waals surface area contributed by atoms with E-state index in [1.807, 2.05) is 59.9 Å². The van der Waals surface area contributed by atoms with Gasteiger partial charge in [-0.25, -0.2) is 9.50 Å². The summed E-state index contributed by atoms with van der Waals surface area (Å²) < 4.78 is 5.38. The van der Waals surface area contributed by atoms with Gasteiger partial charge in [0, 0.05) is 30.7 Å². The molecule has 0 unspecified atom stereocenters. The van der Waals surface area contributed by atoms with Gasteiger partial charge < -0.3 is 5.32 Å². The third kappa shape index (κ3) is 3.80. The Bertz CT molecular complexity index is 1720. The van der Waals surface area contributed by atoms with Crippen LogP contribution >= 0.6 is 0 Å². The van der Waals surface area contributed by atoms with Crippen molar-refractivity contribution >= 4 is 28.0 Å². The molecule has 0 spiro atoms. The maximum absolute atomic E-state index is 13.1. The van der Waals surface area contributed by atoms with Crippen molar-refractivity contribution in [3.8, 4) is 11.3 Å². The van der Waals surface area contributed by atoms with E-state index < -0.39 is 0 Å². The average Bonchev–Trinajstić information content (AvgIpc) is 3.62. The minimum absolute atomic E-state index is 0.291. The van der Waals surface area contributed by atoms with Crippen LogP contribution in [0.3, 0.4) is 0 Å². The molecule has 4 heterocycles. The average molecular weight is 477 g/mol. The summed E-state index contributed by atoms with van der Waals surface area (Å²) in [4.78, 5) is 17.6. The zero-order chi connectivity index (χ0) is 24.6. The summed E-state index contributed by atoms with van der Waals surface area (Å²) in [5, 5.41) is 18.7. The first-order valence-corrected chi connectivity index (χ1v) is 11.8. The number of nitrogens with one attached hydrogen (secondary N) is 1. The number of aromatic nitrogens is 7. The van der Waals surface area contributed by atoms with E-state index >= 15 is 0 Å². The highest BCUT2D eigenvalue weighted by atomic mass is 16.1. The number of aryl methyl sites for hydroxylation is 2. The van der Waals surface area contributed by atoms with Gasteiger partial charge in [0.1, 0.15) is 5.56 Å². The van der Waals surface area contributed by atoms with Crippen LogP contribution in [0.15, 0.2) is 79.5 Å². The summed E-state index contributed by atoms with van der Waals surface area (Å²) in [6, 6.07) is 16.4. The van der Waals surface area contributed by atoms with Crippen LogP contribution in [-0.4, -0.2) is 40.1 Å². The summed E-state index contributed by atoms with van der Waals surface area (Å²) in [5.41, 5.74) is 5.32. The molecule has 178 valence electrons. The number of anilines is 1. The first-order valence-electron chi connectivity index (χ1n) is 11.8. The fraction of sp³-hybridized carbons (Fsp3) is 0.148. The van der Waals surface area contributed by atoms with Gasteiger partial charge in [-0.3, -0.25) is 14.2 Å². The lowest BCUT2D eigenvalue weighted by Crippen LogP contribution is -2.11. The van der Waals surface area contributed by atoms with Gasteiger partial charge in [0.05, 0.1) is 36.0 Å². The molecule has 9 nitrogen and oxygen atoms in total. The lowest BCUT2D eigenvalue weighted by atomic mass is 10.0. The van der Waals surface area contributed by atoms with E-state index in [9.17, 15) is 4.79 Å². The van der Waals surface area contributed by atoms with Gasteiger partial charge in [0.25, 0.3) is 5.91 Å². The van der Waals surface area contributed by atoms with Gasteiger partial charge in [0.2, 0.25) is 0 Å². The lowest BCUT2D eigenvalue weighted by molar-refractivity contribution is 0.102. The zero-order valence-electron chi connectivity index (χ0n) is 20.0. The lowest BCUT2D eigenvalue weighted by Gasteiger charge is -2.06. The van der Waals surface area contributed by atoms with E-state index in [0.29, 0.717) is 23.4 Å². The highest BCUT2D eigenvalue weighted by molar-refractivity contribution is 6.08. The topological polar surface area (TPSA) is 94.9 Å². The maximum Gasteiger partial charge on any atom is 0.261 e. The van der Waals surface area contributed by atoms with Crippen LogP contribution in [0.5, 0.6) is 0 Å². The zero-order valence-corrected chi connectivity index (χ0v) is 20.0. The Morgan fingerprint density at radius 1 is 0.972 bits per heavy atom. The summed E-state index contributed by atoms with van der Waals surface area (Å²) in [5.74, 6) is -0.291. The predicted molar refractivity (Wildman–Crippen MR) is 138 cm³/mol. The highest BCUT2D eigenvalue weighted by Gasteiger charge is 2.18. The number of hydrogen-bond acceptors (Lipinski definition) is 5. The second kappa shape index (κ2) is 8.77. The Morgan fingerprint density at radius 3 is 2.69 bits per heavy atom. The van der Waals surface area contributed by atoms with E-state index in [-0.39, 0.29) is 5.91 Å². The molecule has 0 radical (unpaired) electrons. The number of hydrogen-bond donors (Lipinski definition) is 1. The fourth-order valence-electron chi connectivity index (χ4n) is 4.50. The second-order valence-corrected chi connectivity index (χ2v) is 8.63. The Kier molecular flexibility index (Phi) is 5.29. The summed E-state index contributed by atoms with van der Waals surface area (Å²) in [6.07, 6.45) is 8.69. The van der Waals surface area contributed by atoms with E-state index in [4.69, 9.17) is 0 Å². The molecule has 0 aliphatic rings. The minimum atomic E-state index is -0.291. The largest absolute Gasteiger partial charge is 0.319 e. The van der Waals surface area contributed by atoms with E-state index in [2.05, 4.69) is 49.9 Å². The number of fused-ring (bicyclic) bond motifs is 2. The first kappa shape index (κ1) is 21.7. The minimum Gasteiger partial charge on any atom is -0.319 e. The van der Waals surface area contributed by atoms with Crippen LogP contribution in [0, 0.1) is 6.92 Å². The molecule has 4 aromatic heterocycles. The van der Waals surface area contributed by atoms with Crippen LogP contribution < -0.4 is 5.32 Å². The molecule has 0 aliphatic heterocycles. The Hall–Kier alpha value is -4.79. The summed E-state index contributed by atoms with van der Waals surface area (Å²) >= 11 is 0. The van der Waals surface area contributed by atoms with Crippen LogP contribution in [0.25, 0.3) is 27.7 Å². The molecule has 6 aromatic rings. The van der Waals surface area contributed by atoms with Gasteiger partial charge in [-0.15, -0.1) is 0 Å². The first-order chi connectivity index (χ1) is 17.6. The Labute approximate surface area is 207 Å². The number of benzene rings is 2. The summed E-state index contributed by atoms with van der Waals surface area (Å²) in [7, 11) is 0. The Morgan fingerprint density at radius 2 is 1.83 bits per heavy atom. The number of rotatable bonds is 6. The van der Waals surface area contributed by atoms with Crippen molar-refractivity contribution in [3.05, 3.63) is 96.3 Å². The van der Waals surface area contributed by atoms with Crippen molar-refractivity contribution < 1.29 is 4.79 Å². The summed E-state index contributed by atoms with van der Waals surface area (Å²) in [6.45, 7) is 5.37. The molecule has 6 rings (SSSR count). The van der Waals surface area contributed by atoms with Gasteiger partial charge >= 0.3 is 0 Å². The molecular weight excluding hydrogens is 452 g/mol. The van der Waals surface area contributed by atoms with Crippen LogP contribution in [0.1, 0.15) is 28.5 Å². The molecule has 0 bridgehead atoms. The van der Waals surface area contributed by atoms with E-state index in [0.717, 1.165) is 29.1 Å². The standard InChI is InChI=1S/C27H24N8O/c1-3-33-17-24(18(2)32-33)25-11-12-28-26-23(14-30-35(25)26)27(36)31-21-13-29-34(16-21)15-20-9-6-8-19-7-4-5-10-22(19)20/h4-14,16-17H,3,15H2,1-2H3,(H,31,36). The van der Waals surface area contributed by atoms with Gasteiger partial charge in [-0.1, -0.05) is 42.5 Å². The highest BCUT2D eigenvalue weighted by Crippen LogP contribution is 2.24. The van der Waals surface area contributed by atoms with Crippen molar-refractivity contribution in [3.63, 3.8) is 0 Å². The molecule has 0 saturated heterocycles. The van der Waals surface area contributed by atoms with Crippen molar-refractivity contribution in [1.82, 2.24) is 34.2 Å². The third-order valence-corrected chi connectivity index (χ3v) is 6.30. The Balaban J connectivity index is 1.25. The molecule has 0 saturated carbocycles. The van der Waals surface area contributed by atoms with Crippen LogP contribution in [0.2, 0.25) is 0 Å². The van der Waals surface area contributed by atoms with Crippen molar-refractivity contribution in [2.75, 3.05) is 5.32 Å². The molecule has 0 atom stereocenters. The normalized spacial score (nSPS) is 11.4. The molecule has 0 aliphatic carbocycles. The number of carbonyl (C=O) groups is 1. The van der Waals surface area contributed by atoms with E-state index in [1.54, 1.807) is 23.1 Å². The maximum atomic E-state index is 13.1. The van der Waals surface area contributed by atoms with Gasteiger partial charge in [-0.05, 0) is 36.2 Å². The van der Waals surface area contributed by atoms with Gasteiger partial charge in [-0.2, -0.15) is 15.3 Å². The van der Waals surface area contributed by atoms with Gasteiger partial charge in [0.15, 0.2) is 5.65 Å². The molecule has 36 heavy (non-hydrogen) atoms. The third-order valence-electron chi connectivity index (χ3n) is 6.30.